The average Bonchev–Trinajstić information content (AvgIpc) is 2.71. The quantitative estimate of drug-likeness (QED) is 0.773. The zero-order chi connectivity index (χ0) is 10.7. The lowest BCUT2D eigenvalue weighted by atomic mass is 10.2. The smallest absolute Gasteiger partial charge is 0.178 e. The van der Waals surface area contributed by atoms with Gasteiger partial charge in [-0.3, -0.25) is 4.79 Å². The minimum atomic E-state index is -0.514. The van der Waals surface area contributed by atoms with Crippen LogP contribution in [0.15, 0.2) is 32.9 Å². The first kappa shape index (κ1) is 10.3. The number of halogens is 1. The fourth-order valence-electron chi connectivity index (χ4n) is 1.02. The van der Waals surface area contributed by atoms with Crippen LogP contribution in [0.4, 0.5) is 4.39 Å². The van der Waals surface area contributed by atoms with Crippen molar-refractivity contribution in [1.29, 1.82) is 0 Å². The molecular weight excluding hydrogens is 235 g/mol. The number of carbonyl (C=O) groups excluding carboxylic acids is 1. The first-order chi connectivity index (χ1) is 7.31. The number of rotatable bonds is 3. The standard InChI is InChI=1S/C9H5FN2OS2/c10-7-2-1-3-8(6(7)4-13)15-9-12-11-5-14-9/h1-5H. The molecule has 0 saturated carbocycles. The molecule has 0 aliphatic heterocycles. The molecule has 0 unspecified atom stereocenters. The van der Waals surface area contributed by atoms with Gasteiger partial charge in [0, 0.05) is 4.90 Å². The molecule has 0 amide bonds. The summed E-state index contributed by atoms with van der Waals surface area (Å²) in [4.78, 5) is 11.2. The third kappa shape index (κ3) is 2.21. The van der Waals surface area contributed by atoms with Crippen molar-refractivity contribution in [3.63, 3.8) is 0 Å². The summed E-state index contributed by atoms with van der Waals surface area (Å²) >= 11 is 2.58. The van der Waals surface area contributed by atoms with Crippen LogP contribution in [0.25, 0.3) is 0 Å². The molecule has 2 aromatic rings. The predicted octanol–water partition coefficient (Wildman–Crippen LogP) is 2.64. The summed E-state index contributed by atoms with van der Waals surface area (Å²) in [5.41, 5.74) is 1.65. The van der Waals surface area contributed by atoms with E-state index < -0.39 is 5.82 Å². The van der Waals surface area contributed by atoms with Crippen molar-refractivity contribution in [2.75, 3.05) is 0 Å². The Balaban J connectivity index is 2.36. The Kier molecular flexibility index (Phi) is 3.08. The van der Waals surface area contributed by atoms with E-state index in [2.05, 4.69) is 10.2 Å². The number of aldehydes is 1. The minimum absolute atomic E-state index is 0.0673. The van der Waals surface area contributed by atoms with E-state index in [0.717, 1.165) is 0 Å². The monoisotopic (exact) mass is 240 g/mol. The van der Waals surface area contributed by atoms with Gasteiger partial charge in [-0.2, -0.15) is 0 Å². The lowest BCUT2D eigenvalue weighted by Crippen LogP contribution is -1.90. The van der Waals surface area contributed by atoms with Crippen molar-refractivity contribution >= 4 is 29.4 Å². The van der Waals surface area contributed by atoms with Crippen LogP contribution < -0.4 is 0 Å². The number of benzene rings is 1. The molecule has 2 rings (SSSR count). The number of carbonyl (C=O) groups is 1. The highest BCUT2D eigenvalue weighted by Crippen LogP contribution is 2.31. The molecule has 0 aliphatic rings. The maximum atomic E-state index is 13.2. The average molecular weight is 240 g/mol. The summed E-state index contributed by atoms with van der Waals surface area (Å²) in [5.74, 6) is -0.514. The third-order valence-corrected chi connectivity index (χ3v) is 3.52. The summed E-state index contributed by atoms with van der Waals surface area (Å²) in [6.45, 7) is 0. The van der Waals surface area contributed by atoms with E-state index in [1.165, 1.54) is 29.2 Å². The van der Waals surface area contributed by atoms with Crippen LogP contribution >= 0.6 is 23.1 Å². The van der Waals surface area contributed by atoms with Crippen LogP contribution in [-0.4, -0.2) is 16.5 Å². The highest BCUT2D eigenvalue weighted by molar-refractivity contribution is 8.01. The van der Waals surface area contributed by atoms with Crippen molar-refractivity contribution in [1.82, 2.24) is 10.2 Å². The van der Waals surface area contributed by atoms with E-state index in [4.69, 9.17) is 0 Å². The van der Waals surface area contributed by atoms with Crippen molar-refractivity contribution in [3.05, 3.63) is 35.1 Å². The largest absolute Gasteiger partial charge is 0.298 e. The summed E-state index contributed by atoms with van der Waals surface area (Å²) in [7, 11) is 0. The molecule has 0 N–H and O–H groups in total. The summed E-state index contributed by atoms with van der Waals surface area (Å²) < 4.78 is 13.9. The second kappa shape index (κ2) is 4.50. The Morgan fingerprint density at radius 3 is 3.00 bits per heavy atom. The Morgan fingerprint density at radius 1 is 1.47 bits per heavy atom. The van der Waals surface area contributed by atoms with Crippen LogP contribution in [0.2, 0.25) is 0 Å². The highest BCUT2D eigenvalue weighted by Gasteiger charge is 2.09. The van der Waals surface area contributed by atoms with Crippen molar-refractivity contribution in [3.8, 4) is 0 Å². The summed E-state index contributed by atoms with van der Waals surface area (Å²) in [6.07, 6.45) is 0.513. The second-order valence-corrected chi connectivity index (χ2v) is 4.70. The molecule has 0 atom stereocenters. The molecule has 1 aromatic carbocycles. The van der Waals surface area contributed by atoms with Crippen LogP contribution in [-0.2, 0) is 0 Å². The number of hydrogen-bond acceptors (Lipinski definition) is 5. The van der Waals surface area contributed by atoms with Gasteiger partial charge >= 0.3 is 0 Å². The van der Waals surface area contributed by atoms with Gasteiger partial charge in [0.2, 0.25) is 0 Å². The first-order valence-electron chi connectivity index (χ1n) is 3.99. The van der Waals surface area contributed by atoms with E-state index in [-0.39, 0.29) is 5.56 Å². The molecule has 15 heavy (non-hydrogen) atoms. The van der Waals surface area contributed by atoms with Crippen LogP contribution in [0.3, 0.4) is 0 Å². The lowest BCUT2D eigenvalue weighted by Gasteiger charge is -2.01. The van der Waals surface area contributed by atoms with Gasteiger partial charge in [0.25, 0.3) is 0 Å². The van der Waals surface area contributed by atoms with Gasteiger partial charge in [-0.25, -0.2) is 4.39 Å². The fraction of sp³-hybridized carbons (Fsp3) is 0. The zero-order valence-electron chi connectivity index (χ0n) is 7.38. The molecule has 0 fully saturated rings. The Morgan fingerprint density at radius 2 is 2.33 bits per heavy atom. The Labute approximate surface area is 93.4 Å². The molecule has 0 radical (unpaired) electrons. The maximum Gasteiger partial charge on any atom is 0.178 e. The van der Waals surface area contributed by atoms with Crippen molar-refractivity contribution in [2.45, 2.75) is 9.24 Å². The van der Waals surface area contributed by atoms with Gasteiger partial charge in [0.1, 0.15) is 11.3 Å². The molecule has 0 spiro atoms. The Hall–Kier alpha value is -1.27. The topological polar surface area (TPSA) is 42.9 Å². The van der Waals surface area contributed by atoms with E-state index in [1.807, 2.05) is 0 Å². The normalized spacial score (nSPS) is 10.2. The van der Waals surface area contributed by atoms with E-state index in [9.17, 15) is 9.18 Å². The molecule has 1 aromatic heterocycles. The van der Waals surface area contributed by atoms with Gasteiger partial charge in [-0.1, -0.05) is 29.2 Å². The molecule has 0 saturated heterocycles. The highest BCUT2D eigenvalue weighted by atomic mass is 32.2. The van der Waals surface area contributed by atoms with Gasteiger partial charge in [0.05, 0.1) is 5.56 Å². The van der Waals surface area contributed by atoms with Gasteiger partial charge in [-0.05, 0) is 12.1 Å². The van der Waals surface area contributed by atoms with Crippen molar-refractivity contribution < 1.29 is 9.18 Å². The predicted molar refractivity (Wildman–Crippen MR) is 55.8 cm³/mol. The molecule has 6 heteroatoms. The lowest BCUT2D eigenvalue weighted by molar-refractivity contribution is 0.111. The molecule has 1 heterocycles. The van der Waals surface area contributed by atoms with Crippen LogP contribution in [0.1, 0.15) is 10.4 Å². The number of aromatic nitrogens is 2. The molecule has 0 bridgehead atoms. The summed E-state index contributed by atoms with van der Waals surface area (Å²) in [5, 5.41) is 7.47. The van der Waals surface area contributed by atoms with Gasteiger partial charge in [-0.15, -0.1) is 10.2 Å². The first-order valence-corrected chi connectivity index (χ1v) is 5.68. The summed E-state index contributed by atoms with van der Waals surface area (Å²) in [6, 6.07) is 4.50. The third-order valence-electron chi connectivity index (χ3n) is 1.67. The SMILES string of the molecule is O=Cc1c(F)cccc1Sc1nncs1. The van der Waals surface area contributed by atoms with Gasteiger partial charge < -0.3 is 0 Å². The van der Waals surface area contributed by atoms with Crippen LogP contribution in [0.5, 0.6) is 0 Å². The second-order valence-electron chi connectivity index (χ2n) is 2.58. The van der Waals surface area contributed by atoms with Gasteiger partial charge in [0.15, 0.2) is 10.6 Å². The molecule has 3 nitrogen and oxygen atoms in total. The minimum Gasteiger partial charge on any atom is -0.298 e. The van der Waals surface area contributed by atoms with E-state index in [0.29, 0.717) is 15.5 Å². The molecule has 76 valence electrons. The van der Waals surface area contributed by atoms with E-state index >= 15 is 0 Å². The number of hydrogen-bond donors (Lipinski definition) is 0. The van der Waals surface area contributed by atoms with Crippen LogP contribution in [0, 0.1) is 5.82 Å². The van der Waals surface area contributed by atoms with E-state index in [1.54, 1.807) is 17.6 Å². The fourth-order valence-corrected chi connectivity index (χ4v) is 2.57. The number of nitrogens with zero attached hydrogens (tertiary/aromatic N) is 2. The molecular formula is C9H5FN2OS2. The van der Waals surface area contributed by atoms with Crippen molar-refractivity contribution in [2.24, 2.45) is 0 Å². The zero-order valence-corrected chi connectivity index (χ0v) is 9.02. The Bertz CT molecular complexity index is 473. The maximum absolute atomic E-state index is 13.2. The molecule has 0 aliphatic carbocycles.